The van der Waals surface area contributed by atoms with E-state index in [-0.39, 0.29) is 21.2 Å². The van der Waals surface area contributed by atoms with Crippen LogP contribution in [0.15, 0.2) is 50.5 Å². The Morgan fingerprint density at radius 1 is 1.24 bits per heavy atom. The standard InChI is InChI=1S/C14H10ClN3O6S/c1-17-11-5-3-9(7-13(11)24-14(17)19)25(22,23)16-8-2-4-10(15)12(6-8)18(20)21/h2-7,16H,1H3. The summed E-state index contributed by atoms with van der Waals surface area (Å²) < 4.78 is 33.3. The van der Waals surface area contributed by atoms with Crippen LogP contribution in [-0.4, -0.2) is 17.9 Å². The van der Waals surface area contributed by atoms with E-state index in [0.717, 1.165) is 6.07 Å². The molecule has 0 fully saturated rings. The summed E-state index contributed by atoms with van der Waals surface area (Å²) >= 11 is 5.70. The van der Waals surface area contributed by atoms with Gasteiger partial charge >= 0.3 is 5.76 Å². The summed E-state index contributed by atoms with van der Waals surface area (Å²) in [5.41, 5.74) is 0.0978. The fourth-order valence-electron chi connectivity index (χ4n) is 2.21. The molecule has 3 aromatic rings. The number of hydrogen-bond donors (Lipinski definition) is 1. The molecule has 1 aromatic heterocycles. The number of oxazole rings is 1. The quantitative estimate of drug-likeness (QED) is 0.545. The molecule has 0 amide bonds. The van der Waals surface area contributed by atoms with Crippen LogP contribution >= 0.6 is 11.6 Å². The van der Waals surface area contributed by atoms with Crippen LogP contribution in [0.25, 0.3) is 11.1 Å². The molecule has 0 radical (unpaired) electrons. The minimum Gasteiger partial charge on any atom is -0.408 e. The van der Waals surface area contributed by atoms with Gasteiger partial charge in [-0.05, 0) is 24.3 Å². The van der Waals surface area contributed by atoms with Gasteiger partial charge in [-0.2, -0.15) is 0 Å². The maximum atomic E-state index is 12.5. The molecule has 2 aromatic carbocycles. The number of anilines is 1. The molecule has 130 valence electrons. The first-order valence-electron chi connectivity index (χ1n) is 6.75. The van der Waals surface area contributed by atoms with E-state index in [4.69, 9.17) is 16.0 Å². The summed E-state index contributed by atoms with van der Waals surface area (Å²) in [6.07, 6.45) is 0. The first-order valence-corrected chi connectivity index (χ1v) is 8.61. The van der Waals surface area contributed by atoms with E-state index in [1.165, 1.54) is 41.9 Å². The number of fused-ring (bicyclic) bond motifs is 1. The van der Waals surface area contributed by atoms with E-state index < -0.39 is 26.4 Å². The number of nitro benzene ring substituents is 1. The number of aromatic nitrogens is 1. The average Bonchev–Trinajstić information content (AvgIpc) is 2.83. The molecule has 0 spiro atoms. The topological polar surface area (TPSA) is 124 Å². The van der Waals surface area contributed by atoms with E-state index in [1.807, 2.05) is 0 Å². The Bertz CT molecular complexity index is 1170. The molecule has 0 saturated heterocycles. The van der Waals surface area contributed by atoms with Crippen LogP contribution in [0.3, 0.4) is 0 Å². The van der Waals surface area contributed by atoms with Crippen molar-refractivity contribution in [2.75, 3.05) is 4.72 Å². The van der Waals surface area contributed by atoms with Crippen molar-refractivity contribution in [2.45, 2.75) is 4.90 Å². The second-order valence-electron chi connectivity index (χ2n) is 5.09. The molecule has 0 aliphatic carbocycles. The molecule has 9 nitrogen and oxygen atoms in total. The number of rotatable bonds is 4. The number of benzene rings is 2. The Hall–Kier alpha value is -2.85. The second kappa shape index (κ2) is 5.90. The van der Waals surface area contributed by atoms with Gasteiger partial charge in [-0.15, -0.1) is 0 Å². The Labute approximate surface area is 145 Å². The Morgan fingerprint density at radius 2 is 1.96 bits per heavy atom. The number of hydrogen-bond acceptors (Lipinski definition) is 6. The Balaban J connectivity index is 2.01. The van der Waals surface area contributed by atoms with E-state index >= 15 is 0 Å². The number of halogens is 1. The van der Waals surface area contributed by atoms with Gasteiger partial charge in [0.1, 0.15) is 5.02 Å². The van der Waals surface area contributed by atoms with Gasteiger partial charge in [0.2, 0.25) is 0 Å². The van der Waals surface area contributed by atoms with Crippen LogP contribution in [-0.2, 0) is 17.1 Å². The molecule has 0 atom stereocenters. The van der Waals surface area contributed by atoms with E-state index in [1.54, 1.807) is 0 Å². The first-order chi connectivity index (χ1) is 11.7. The molecule has 0 aliphatic heterocycles. The smallest absolute Gasteiger partial charge is 0.408 e. The van der Waals surface area contributed by atoms with E-state index in [2.05, 4.69) is 4.72 Å². The van der Waals surface area contributed by atoms with Crippen molar-refractivity contribution in [3.8, 4) is 0 Å². The Kier molecular flexibility index (Phi) is 4.01. The SMILES string of the molecule is Cn1c(=O)oc2cc(S(=O)(=O)Nc3ccc(Cl)c([N+](=O)[O-])c3)ccc21. The summed E-state index contributed by atoms with van der Waals surface area (Å²) in [5.74, 6) is -0.620. The highest BCUT2D eigenvalue weighted by Gasteiger charge is 2.19. The summed E-state index contributed by atoms with van der Waals surface area (Å²) in [6.45, 7) is 0. The number of nitro groups is 1. The number of nitrogens with one attached hydrogen (secondary N) is 1. The van der Waals surface area contributed by atoms with Gasteiger partial charge in [0.15, 0.2) is 5.58 Å². The molecule has 0 unspecified atom stereocenters. The monoisotopic (exact) mass is 383 g/mol. The maximum absolute atomic E-state index is 12.5. The van der Waals surface area contributed by atoms with Gasteiger partial charge in [-0.3, -0.25) is 19.4 Å². The molecule has 1 N–H and O–H groups in total. The summed E-state index contributed by atoms with van der Waals surface area (Å²) in [6, 6.07) is 7.46. The van der Waals surface area contributed by atoms with Crippen LogP contribution in [0.4, 0.5) is 11.4 Å². The highest BCUT2D eigenvalue weighted by molar-refractivity contribution is 7.92. The van der Waals surface area contributed by atoms with Gasteiger partial charge in [-0.25, -0.2) is 13.2 Å². The van der Waals surface area contributed by atoms with Gasteiger partial charge in [0.05, 0.1) is 21.0 Å². The van der Waals surface area contributed by atoms with Crippen LogP contribution in [0.5, 0.6) is 0 Å². The molecule has 1 heterocycles. The van der Waals surface area contributed by atoms with Gasteiger partial charge in [0, 0.05) is 19.2 Å². The summed E-state index contributed by atoms with van der Waals surface area (Å²) in [4.78, 5) is 21.5. The molecule has 3 rings (SSSR count). The third-order valence-electron chi connectivity index (χ3n) is 3.47. The predicted octanol–water partition coefficient (Wildman–Crippen LogP) is 2.49. The average molecular weight is 384 g/mol. The highest BCUT2D eigenvalue weighted by Crippen LogP contribution is 2.29. The summed E-state index contributed by atoms with van der Waals surface area (Å²) in [5, 5.41) is 10.8. The van der Waals surface area contributed by atoms with Crippen molar-refractivity contribution >= 4 is 44.1 Å². The van der Waals surface area contributed by atoms with E-state index in [9.17, 15) is 23.3 Å². The molecular formula is C14H10ClN3O6S. The molecule has 25 heavy (non-hydrogen) atoms. The van der Waals surface area contributed by atoms with Gasteiger partial charge in [-0.1, -0.05) is 11.6 Å². The third kappa shape index (κ3) is 3.08. The number of nitrogens with zero attached hydrogens (tertiary/aromatic N) is 2. The van der Waals surface area contributed by atoms with Crippen molar-refractivity contribution in [1.82, 2.24) is 4.57 Å². The molecule has 0 bridgehead atoms. The zero-order valence-electron chi connectivity index (χ0n) is 12.6. The highest BCUT2D eigenvalue weighted by atomic mass is 35.5. The zero-order chi connectivity index (χ0) is 18.4. The molecule has 0 saturated carbocycles. The van der Waals surface area contributed by atoms with Crippen molar-refractivity contribution in [3.05, 3.63) is 62.1 Å². The van der Waals surface area contributed by atoms with Crippen molar-refractivity contribution in [3.63, 3.8) is 0 Å². The first kappa shape index (κ1) is 17.0. The Morgan fingerprint density at radius 3 is 2.64 bits per heavy atom. The minimum absolute atomic E-state index is 0.0225. The van der Waals surface area contributed by atoms with Crippen LogP contribution < -0.4 is 10.5 Å². The lowest BCUT2D eigenvalue weighted by atomic mass is 10.3. The minimum atomic E-state index is -4.05. The number of aryl methyl sites for hydroxylation is 1. The van der Waals surface area contributed by atoms with Crippen LogP contribution in [0, 0.1) is 10.1 Å². The fourth-order valence-corrected chi connectivity index (χ4v) is 3.46. The second-order valence-corrected chi connectivity index (χ2v) is 7.17. The zero-order valence-corrected chi connectivity index (χ0v) is 14.2. The molecule has 0 aliphatic rings. The maximum Gasteiger partial charge on any atom is 0.419 e. The number of sulfonamides is 1. The van der Waals surface area contributed by atoms with Crippen molar-refractivity contribution in [1.29, 1.82) is 0 Å². The van der Waals surface area contributed by atoms with Gasteiger partial charge in [0.25, 0.3) is 15.7 Å². The van der Waals surface area contributed by atoms with Crippen molar-refractivity contribution in [2.24, 2.45) is 7.05 Å². The molecule has 11 heteroatoms. The lowest BCUT2D eigenvalue weighted by molar-refractivity contribution is -0.384. The third-order valence-corrected chi connectivity index (χ3v) is 5.17. The van der Waals surface area contributed by atoms with Gasteiger partial charge < -0.3 is 4.42 Å². The normalized spacial score (nSPS) is 11.6. The fraction of sp³-hybridized carbons (Fsp3) is 0.0714. The predicted molar refractivity (Wildman–Crippen MR) is 90.4 cm³/mol. The summed E-state index contributed by atoms with van der Waals surface area (Å²) in [7, 11) is -2.56. The largest absolute Gasteiger partial charge is 0.419 e. The van der Waals surface area contributed by atoms with E-state index in [0.29, 0.717) is 5.52 Å². The van der Waals surface area contributed by atoms with Crippen LogP contribution in [0.2, 0.25) is 5.02 Å². The molecular weight excluding hydrogens is 374 g/mol. The lowest BCUT2D eigenvalue weighted by Gasteiger charge is -2.08. The lowest BCUT2D eigenvalue weighted by Crippen LogP contribution is -2.13. The van der Waals surface area contributed by atoms with Crippen molar-refractivity contribution < 1.29 is 17.8 Å². The van der Waals surface area contributed by atoms with Crippen LogP contribution in [0.1, 0.15) is 0 Å².